The maximum atomic E-state index is 12.2. The molecule has 2 aliphatic heterocycles. The molecule has 0 saturated carbocycles. The molecule has 1 N–H and O–H groups in total. The number of hydrogen-bond acceptors (Lipinski definition) is 3. The third-order valence-electron chi connectivity index (χ3n) is 5.41. The number of rotatable bonds is 3. The molecule has 1 fully saturated rings. The van der Waals surface area contributed by atoms with Gasteiger partial charge in [-0.15, -0.1) is 0 Å². The van der Waals surface area contributed by atoms with E-state index < -0.39 is 0 Å². The molecule has 2 aromatic rings. The van der Waals surface area contributed by atoms with Crippen molar-refractivity contribution in [2.45, 2.75) is 31.2 Å². The molecular formula is C20H23N3O. The minimum atomic E-state index is -0.156. The predicted molar refractivity (Wildman–Crippen MR) is 93.6 cm³/mol. The monoisotopic (exact) mass is 321 g/mol. The lowest BCUT2D eigenvalue weighted by Gasteiger charge is -2.45. The minimum Gasteiger partial charge on any atom is -0.346 e. The number of nitrogens with one attached hydrogen (secondary N) is 1. The Balaban J connectivity index is 1.43. The lowest BCUT2D eigenvalue weighted by molar-refractivity contribution is -0.124. The third kappa shape index (κ3) is 2.94. The Morgan fingerprint density at radius 2 is 1.96 bits per heavy atom. The quantitative estimate of drug-likeness (QED) is 0.943. The summed E-state index contributed by atoms with van der Waals surface area (Å²) < 4.78 is 0. The molecule has 2 aliphatic rings. The molecule has 1 aromatic heterocycles. The summed E-state index contributed by atoms with van der Waals surface area (Å²) in [5.41, 5.74) is 3.66. The first-order valence-corrected chi connectivity index (χ1v) is 8.76. The van der Waals surface area contributed by atoms with Gasteiger partial charge in [0.2, 0.25) is 5.91 Å². The topological polar surface area (TPSA) is 45.2 Å². The van der Waals surface area contributed by atoms with Gasteiger partial charge in [-0.1, -0.05) is 30.3 Å². The van der Waals surface area contributed by atoms with Crippen LogP contribution < -0.4 is 5.32 Å². The van der Waals surface area contributed by atoms with Gasteiger partial charge in [0, 0.05) is 32.0 Å². The van der Waals surface area contributed by atoms with Gasteiger partial charge in [0.25, 0.3) is 0 Å². The number of nitrogens with zero attached hydrogens (tertiary/aromatic N) is 2. The number of fused-ring (bicyclic) bond motifs is 2. The average molecular weight is 321 g/mol. The normalized spacial score (nSPS) is 19.8. The first-order valence-electron chi connectivity index (χ1n) is 8.76. The highest BCUT2D eigenvalue weighted by Gasteiger charge is 2.41. The summed E-state index contributed by atoms with van der Waals surface area (Å²) in [7, 11) is 0. The average Bonchev–Trinajstić information content (AvgIpc) is 2.62. The van der Waals surface area contributed by atoms with Crippen molar-refractivity contribution in [2.24, 2.45) is 0 Å². The molecular weight excluding hydrogens is 298 g/mol. The van der Waals surface area contributed by atoms with E-state index in [1.807, 2.05) is 24.5 Å². The number of piperidine rings is 1. The first-order chi connectivity index (χ1) is 11.8. The number of carbonyl (C=O) groups excluding carboxylic acids is 1. The number of benzene rings is 1. The fourth-order valence-electron chi connectivity index (χ4n) is 4.08. The van der Waals surface area contributed by atoms with Gasteiger partial charge in [-0.25, -0.2) is 0 Å². The Hall–Kier alpha value is -2.20. The van der Waals surface area contributed by atoms with E-state index in [-0.39, 0.29) is 11.4 Å². The number of aromatic nitrogens is 1. The Kier molecular flexibility index (Phi) is 4.07. The highest BCUT2D eigenvalue weighted by Crippen LogP contribution is 2.37. The molecule has 1 spiro atoms. The summed E-state index contributed by atoms with van der Waals surface area (Å²) in [6.45, 7) is 3.10. The van der Waals surface area contributed by atoms with Crippen molar-refractivity contribution >= 4 is 5.91 Å². The van der Waals surface area contributed by atoms with Gasteiger partial charge in [0.15, 0.2) is 0 Å². The highest BCUT2D eigenvalue weighted by atomic mass is 16.1. The second-order valence-electron chi connectivity index (χ2n) is 6.92. The Labute approximate surface area is 142 Å². The van der Waals surface area contributed by atoms with Gasteiger partial charge in [0.1, 0.15) is 0 Å². The van der Waals surface area contributed by atoms with Gasteiger partial charge in [-0.05, 0) is 42.0 Å². The summed E-state index contributed by atoms with van der Waals surface area (Å²) in [6, 6.07) is 12.6. The van der Waals surface area contributed by atoms with E-state index in [1.165, 1.54) is 16.7 Å². The molecule has 0 atom stereocenters. The molecule has 4 rings (SSSR count). The van der Waals surface area contributed by atoms with Crippen LogP contribution in [0, 0.1) is 0 Å². The standard InChI is InChI=1S/C20H23N3O/c24-19-14-17-5-1-2-6-18(17)20(22-19)8-12-23(13-9-20)11-7-16-4-3-10-21-15-16/h1-6,10,15H,7-9,11-14H2,(H,22,24). The van der Waals surface area contributed by atoms with E-state index in [9.17, 15) is 4.79 Å². The van der Waals surface area contributed by atoms with Gasteiger partial charge in [-0.3, -0.25) is 9.78 Å². The zero-order valence-corrected chi connectivity index (χ0v) is 13.9. The number of amides is 1. The second kappa shape index (κ2) is 6.36. The summed E-state index contributed by atoms with van der Waals surface area (Å²) in [6.07, 6.45) is 7.29. The highest BCUT2D eigenvalue weighted by molar-refractivity contribution is 5.82. The maximum Gasteiger partial charge on any atom is 0.225 e. The smallest absolute Gasteiger partial charge is 0.225 e. The van der Waals surface area contributed by atoms with Gasteiger partial charge >= 0.3 is 0 Å². The third-order valence-corrected chi connectivity index (χ3v) is 5.41. The minimum absolute atomic E-state index is 0.156. The molecule has 124 valence electrons. The molecule has 24 heavy (non-hydrogen) atoms. The van der Waals surface area contributed by atoms with Gasteiger partial charge in [0.05, 0.1) is 12.0 Å². The van der Waals surface area contributed by atoms with Crippen LogP contribution in [0.15, 0.2) is 48.8 Å². The van der Waals surface area contributed by atoms with Crippen LogP contribution in [0.5, 0.6) is 0 Å². The van der Waals surface area contributed by atoms with Crippen LogP contribution in [0.2, 0.25) is 0 Å². The molecule has 4 nitrogen and oxygen atoms in total. The fourth-order valence-corrected chi connectivity index (χ4v) is 4.08. The molecule has 1 saturated heterocycles. The van der Waals surface area contributed by atoms with Crippen molar-refractivity contribution in [3.63, 3.8) is 0 Å². The molecule has 1 amide bonds. The van der Waals surface area contributed by atoms with Crippen LogP contribution in [-0.2, 0) is 23.2 Å². The predicted octanol–water partition coefficient (Wildman–Crippen LogP) is 2.29. The molecule has 0 aliphatic carbocycles. The fraction of sp³-hybridized carbons (Fsp3) is 0.400. The molecule has 4 heteroatoms. The van der Waals surface area contributed by atoms with Crippen molar-refractivity contribution in [1.82, 2.24) is 15.2 Å². The number of pyridine rings is 1. The van der Waals surface area contributed by atoms with Crippen molar-refractivity contribution < 1.29 is 4.79 Å². The van der Waals surface area contributed by atoms with Gasteiger partial charge in [-0.2, -0.15) is 0 Å². The zero-order chi connectivity index (χ0) is 16.4. The number of carbonyl (C=O) groups is 1. The maximum absolute atomic E-state index is 12.2. The van der Waals surface area contributed by atoms with E-state index in [4.69, 9.17) is 0 Å². The van der Waals surface area contributed by atoms with Crippen LogP contribution in [0.25, 0.3) is 0 Å². The molecule has 0 radical (unpaired) electrons. The lowest BCUT2D eigenvalue weighted by atomic mass is 9.75. The van der Waals surface area contributed by atoms with Crippen LogP contribution in [0.1, 0.15) is 29.5 Å². The van der Waals surface area contributed by atoms with Crippen molar-refractivity contribution in [3.8, 4) is 0 Å². The van der Waals surface area contributed by atoms with Crippen molar-refractivity contribution in [2.75, 3.05) is 19.6 Å². The van der Waals surface area contributed by atoms with Crippen LogP contribution in [0.3, 0.4) is 0 Å². The number of likely N-dealkylation sites (tertiary alicyclic amines) is 1. The first kappa shape index (κ1) is 15.3. The summed E-state index contributed by atoms with van der Waals surface area (Å²) in [4.78, 5) is 18.8. The van der Waals surface area contributed by atoms with E-state index in [0.717, 1.165) is 38.9 Å². The molecule has 0 bridgehead atoms. The van der Waals surface area contributed by atoms with Crippen molar-refractivity contribution in [1.29, 1.82) is 0 Å². The summed E-state index contributed by atoms with van der Waals surface area (Å²) >= 11 is 0. The lowest BCUT2D eigenvalue weighted by Crippen LogP contribution is -2.56. The van der Waals surface area contributed by atoms with Crippen LogP contribution in [0.4, 0.5) is 0 Å². The van der Waals surface area contributed by atoms with Gasteiger partial charge < -0.3 is 10.2 Å². The largest absolute Gasteiger partial charge is 0.346 e. The summed E-state index contributed by atoms with van der Waals surface area (Å²) in [5, 5.41) is 3.31. The number of hydrogen-bond donors (Lipinski definition) is 1. The van der Waals surface area contributed by atoms with E-state index in [2.05, 4.69) is 39.5 Å². The van der Waals surface area contributed by atoms with Crippen LogP contribution in [-0.4, -0.2) is 35.4 Å². The Morgan fingerprint density at radius 1 is 1.12 bits per heavy atom. The Bertz CT molecular complexity index is 721. The molecule has 1 aromatic carbocycles. The summed E-state index contributed by atoms with van der Waals surface area (Å²) in [5.74, 6) is 0.164. The van der Waals surface area contributed by atoms with E-state index >= 15 is 0 Å². The molecule has 0 unspecified atom stereocenters. The van der Waals surface area contributed by atoms with E-state index in [1.54, 1.807) is 0 Å². The van der Waals surface area contributed by atoms with Crippen molar-refractivity contribution in [3.05, 3.63) is 65.5 Å². The zero-order valence-electron chi connectivity index (χ0n) is 13.9. The van der Waals surface area contributed by atoms with Crippen LogP contribution >= 0.6 is 0 Å². The Morgan fingerprint density at radius 3 is 2.75 bits per heavy atom. The SMILES string of the molecule is O=C1Cc2ccccc2C2(CCN(CCc3cccnc3)CC2)N1. The molecule has 3 heterocycles. The van der Waals surface area contributed by atoms with E-state index in [0.29, 0.717) is 6.42 Å². The second-order valence-corrected chi connectivity index (χ2v) is 6.92.